The molecule has 6 nitrogen and oxygen atoms in total. The van der Waals surface area contributed by atoms with Crippen molar-refractivity contribution in [2.75, 3.05) is 12.4 Å². The molecule has 0 saturated carbocycles. The molecule has 0 atom stereocenters. The topological polar surface area (TPSA) is 50.9 Å². The number of halogens is 2. The van der Waals surface area contributed by atoms with Gasteiger partial charge in [-0.3, -0.25) is 9.36 Å². The van der Waals surface area contributed by atoms with Crippen LogP contribution in [-0.4, -0.2) is 36.6 Å². The van der Waals surface area contributed by atoms with Crippen LogP contribution in [0, 0.1) is 0 Å². The van der Waals surface area contributed by atoms with E-state index in [0.717, 1.165) is 22.0 Å². The van der Waals surface area contributed by atoms with Crippen molar-refractivity contribution in [3.63, 3.8) is 0 Å². The lowest BCUT2D eigenvalue weighted by Crippen LogP contribution is -2.31. The zero-order valence-electron chi connectivity index (χ0n) is 14.4. The number of aromatic nitrogens is 4. The summed E-state index contributed by atoms with van der Waals surface area (Å²) in [6.45, 7) is 1.14. The summed E-state index contributed by atoms with van der Waals surface area (Å²) >= 11 is 17.8. The van der Waals surface area contributed by atoms with E-state index in [0.29, 0.717) is 23.2 Å². The SMILES string of the molecule is CN(Cc1c(Cl)cnn1C)C(=S)Nc1cnn(Cc2ccccc2Cl)c1. The summed E-state index contributed by atoms with van der Waals surface area (Å²) in [4.78, 5) is 1.89. The highest BCUT2D eigenvalue weighted by Crippen LogP contribution is 2.18. The molecule has 3 rings (SSSR count). The van der Waals surface area contributed by atoms with Crippen LogP contribution in [0.25, 0.3) is 0 Å². The van der Waals surface area contributed by atoms with Crippen molar-refractivity contribution < 1.29 is 0 Å². The van der Waals surface area contributed by atoms with E-state index in [2.05, 4.69) is 15.5 Å². The third-order valence-electron chi connectivity index (χ3n) is 3.92. The van der Waals surface area contributed by atoms with Gasteiger partial charge in [-0.2, -0.15) is 10.2 Å². The van der Waals surface area contributed by atoms with Gasteiger partial charge in [0.05, 0.1) is 41.9 Å². The minimum absolute atomic E-state index is 0.551. The van der Waals surface area contributed by atoms with Crippen LogP contribution >= 0.6 is 35.4 Å². The Morgan fingerprint density at radius 1 is 1.19 bits per heavy atom. The second-order valence-corrected chi connectivity index (χ2v) is 7.07. The van der Waals surface area contributed by atoms with Crippen molar-refractivity contribution in [3.8, 4) is 0 Å². The zero-order valence-corrected chi connectivity index (χ0v) is 16.7. The van der Waals surface area contributed by atoms with Crippen LogP contribution in [-0.2, 0) is 20.1 Å². The van der Waals surface area contributed by atoms with Crippen molar-refractivity contribution in [2.45, 2.75) is 13.1 Å². The summed E-state index contributed by atoms with van der Waals surface area (Å²) in [6, 6.07) is 7.71. The van der Waals surface area contributed by atoms with Crippen molar-refractivity contribution in [2.24, 2.45) is 7.05 Å². The highest BCUT2D eigenvalue weighted by Gasteiger charge is 2.12. The first-order chi connectivity index (χ1) is 12.4. The quantitative estimate of drug-likeness (QED) is 0.650. The maximum absolute atomic E-state index is 6.20. The van der Waals surface area contributed by atoms with Crippen LogP contribution in [0.15, 0.2) is 42.9 Å². The van der Waals surface area contributed by atoms with Gasteiger partial charge in [0.2, 0.25) is 0 Å². The molecule has 9 heteroatoms. The van der Waals surface area contributed by atoms with Crippen molar-refractivity contribution >= 4 is 46.2 Å². The fourth-order valence-electron chi connectivity index (χ4n) is 2.45. The molecule has 2 heterocycles. The van der Waals surface area contributed by atoms with Gasteiger partial charge in [-0.1, -0.05) is 41.4 Å². The molecule has 0 saturated heterocycles. The molecule has 26 heavy (non-hydrogen) atoms. The lowest BCUT2D eigenvalue weighted by atomic mass is 10.2. The number of thiocarbonyl (C=S) groups is 1. The summed E-state index contributed by atoms with van der Waals surface area (Å²) in [7, 11) is 3.75. The predicted octanol–water partition coefficient (Wildman–Crippen LogP) is 3.80. The Kier molecular flexibility index (Phi) is 5.80. The second kappa shape index (κ2) is 8.07. The summed E-state index contributed by atoms with van der Waals surface area (Å²) in [5, 5.41) is 13.6. The first-order valence-electron chi connectivity index (χ1n) is 7.88. The predicted molar refractivity (Wildman–Crippen MR) is 109 cm³/mol. The van der Waals surface area contributed by atoms with Crippen LogP contribution < -0.4 is 5.32 Å². The standard InChI is InChI=1S/C17H18Cl2N6S/c1-23(11-16-15(19)8-20-24(16)2)17(26)22-13-7-21-25(10-13)9-12-5-3-4-6-14(12)18/h3-8,10H,9,11H2,1-2H3,(H,22,26). The van der Waals surface area contributed by atoms with E-state index in [1.807, 2.05) is 54.1 Å². The molecule has 0 spiro atoms. The number of nitrogens with one attached hydrogen (secondary N) is 1. The van der Waals surface area contributed by atoms with Crippen LogP contribution in [0.2, 0.25) is 10.0 Å². The number of nitrogens with zero attached hydrogens (tertiary/aromatic N) is 5. The van der Waals surface area contributed by atoms with Gasteiger partial charge in [0.15, 0.2) is 5.11 Å². The number of hydrogen-bond acceptors (Lipinski definition) is 3. The molecule has 2 aromatic heterocycles. The highest BCUT2D eigenvalue weighted by molar-refractivity contribution is 7.80. The van der Waals surface area contributed by atoms with Gasteiger partial charge < -0.3 is 10.2 Å². The second-order valence-electron chi connectivity index (χ2n) is 5.87. The zero-order chi connectivity index (χ0) is 18.7. The molecule has 136 valence electrons. The molecular weight excluding hydrogens is 391 g/mol. The summed E-state index contributed by atoms with van der Waals surface area (Å²) in [5.41, 5.74) is 2.71. The van der Waals surface area contributed by atoms with Gasteiger partial charge in [0.1, 0.15) is 0 Å². The average Bonchev–Trinajstić information content (AvgIpc) is 3.18. The molecule has 3 aromatic rings. The van der Waals surface area contributed by atoms with E-state index < -0.39 is 0 Å². The third kappa shape index (κ3) is 4.35. The molecule has 0 aliphatic rings. The van der Waals surface area contributed by atoms with Crippen molar-refractivity contribution in [1.82, 2.24) is 24.5 Å². The van der Waals surface area contributed by atoms with Gasteiger partial charge in [-0.05, 0) is 23.8 Å². The molecule has 0 aliphatic carbocycles. The smallest absolute Gasteiger partial charge is 0.173 e. The maximum Gasteiger partial charge on any atom is 0.173 e. The first-order valence-corrected chi connectivity index (χ1v) is 9.05. The molecule has 0 unspecified atom stereocenters. The van der Waals surface area contributed by atoms with E-state index in [4.69, 9.17) is 35.4 Å². The Bertz CT molecular complexity index is 900. The monoisotopic (exact) mass is 408 g/mol. The molecule has 0 radical (unpaired) electrons. The van der Waals surface area contributed by atoms with E-state index in [1.165, 1.54) is 0 Å². The average molecular weight is 409 g/mol. The van der Waals surface area contributed by atoms with E-state index >= 15 is 0 Å². The minimum atomic E-state index is 0.551. The molecule has 1 N–H and O–H groups in total. The third-order valence-corrected chi connectivity index (χ3v) is 5.02. The Morgan fingerprint density at radius 2 is 1.96 bits per heavy atom. The normalized spacial score (nSPS) is 10.8. The Hall–Kier alpha value is -2.09. The number of hydrogen-bond donors (Lipinski definition) is 1. The van der Waals surface area contributed by atoms with Crippen molar-refractivity contribution in [3.05, 3.63) is 64.2 Å². The maximum atomic E-state index is 6.20. The fourth-order valence-corrected chi connectivity index (χ4v) is 3.05. The molecular formula is C17H18Cl2N6S. The van der Waals surface area contributed by atoms with E-state index in [9.17, 15) is 0 Å². The number of rotatable bonds is 5. The van der Waals surface area contributed by atoms with Crippen LogP contribution in [0.5, 0.6) is 0 Å². The molecule has 1 aromatic carbocycles. The number of anilines is 1. The van der Waals surface area contributed by atoms with E-state index in [1.54, 1.807) is 17.1 Å². The van der Waals surface area contributed by atoms with Crippen LogP contribution in [0.3, 0.4) is 0 Å². The Morgan fingerprint density at radius 3 is 2.65 bits per heavy atom. The molecule has 0 bridgehead atoms. The molecule has 0 fully saturated rings. The van der Waals surface area contributed by atoms with Gasteiger partial charge in [0, 0.05) is 25.3 Å². The lowest BCUT2D eigenvalue weighted by molar-refractivity contribution is 0.482. The van der Waals surface area contributed by atoms with Gasteiger partial charge in [0.25, 0.3) is 0 Å². The van der Waals surface area contributed by atoms with Gasteiger partial charge in [-0.25, -0.2) is 0 Å². The minimum Gasteiger partial charge on any atom is -0.346 e. The highest BCUT2D eigenvalue weighted by atomic mass is 35.5. The van der Waals surface area contributed by atoms with Gasteiger partial charge >= 0.3 is 0 Å². The lowest BCUT2D eigenvalue weighted by Gasteiger charge is -2.20. The largest absolute Gasteiger partial charge is 0.346 e. The number of benzene rings is 1. The van der Waals surface area contributed by atoms with E-state index in [-0.39, 0.29) is 0 Å². The summed E-state index contributed by atoms with van der Waals surface area (Å²) < 4.78 is 3.55. The summed E-state index contributed by atoms with van der Waals surface area (Å²) in [6.07, 6.45) is 5.24. The first kappa shape index (κ1) is 18.7. The fraction of sp³-hybridized carbons (Fsp3) is 0.235. The Labute approximate surface area is 167 Å². The Balaban J connectivity index is 1.61. The van der Waals surface area contributed by atoms with Crippen LogP contribution in [0.1, 0.15) is 11.3 Å². The summed E-state index contributed by atoms with van der Waals surface area (Å²) in [5.74, 6) is 0. The molecule has 0 amide bonds. The van der Waals surface area contributed by atoms with Crippen molar-refractivity contribution in [1.29, 1.82) is 0 Å². The molecule has 0 aliphatic heterocycles. The van der Waals surface area contributed by atoms with Gasteiger partial charge in [-0.15, -0.1) is 0 Å². The van der Waals surface area contributed by atoms with Crippen LogP contribution in [0.4, 0.5) is 5.69 Å². The number of aryl methyl sites for hydroxylation is 1.